The van der Waals surface area contributed by atoms with Crippen molar-refractivity contribution in [3.8, 4) is 0 Å². The van der Waals surface area contributed by atoms with Crippen LogP contribution in [0.25, 0.3) is 0 Å². The van der Waals surface area contributed by atoms with Gasteiger partial charge in [0.1, 0.15) is 0 Å². The fraction of sp³-hybridized carbons (Fsp3) is 0.357. The summed E-state index contributed by atoms with van der Waals surface area (Å²) in [6, 6.07) is 11.2. The maximum atomic E-state index is 4.39. The smallest absolute Gasteiger partial charge is 0.0596 e. The molecule has 88 valence electrons. The number of fused-ring (bicyclic) bond motifs is 1. The van der Waals surface area contributed by atoms with Crippen LogP contribution in [0.5, 0.6) is 0 Å². The van der Waals surface area contributed by atoms with Crippen molar-refractivity contribution in [1.82, 2.24) is 9.78 Å². The van der Waals surface area contributed by atoms with Gasteiger partial charge < -0.3 is 5.32 Å². The summed E-state index contributed by atoms with van der Waals surface area (Å²) in [5.41, 5.74) is 5.11. The normalized spacial score (nSPS) is 17.9. The lowest BCUT2D eigenvalue weighted by atomic mass is 10.1. The molecule has 0 saturated heterocycles. The minimum absolute atomic E-state index is 0.502. The summed E-state index contributed by atoms with van der Waals surface area (Å²) in [4.78, 5) is 0. The van der Waals surface area contributed by atoms with Crippen molar-refractivity contribution in [2.75, 3.05) is 5.32 Å². The van der Waals surface area contributed by atoms with Crippen LogP contribution < -0.4 is 5.32 Å². The second-order valence-electron chi connectivity index (χ2n) is 4.81. The summed E-state index contributed by atoms with van der Waals surface area (Å²) < 4.78 is 1.99. The van der Waals surface area contributed by atoms with Gasteiger partial charge in [-0.15, -0.1) is 0 Å². The Morgan fingerprint density at radius 3 is 2.94 bits per heavy atom. The minimum atomic E-state index is 0.502. The van der Waals surface area contributed by atoms with E-state index in [-0.39, 0.29) is 0 Å². The Kier molecular flexibility index (Phi) is 2.39. The molecular formula is C14H17N3. The zero-order valence-electron chi connectivity index (χ0n) is 10.3. The molecule has 3 rings (SSSR count). The quantitative estimate of drug-likeness (QED) is 0.853. The number of anilines is 1. The van der Waals surface area contributed by atoms with Crippen molar-refractivity contribution in [3.05, 3.63) is 47.3 Å². The van der Waals surface area contributed by atoms with Crippen molar-refractivity contribution in [2.24, 2.45) is 7.05 Å². The van der Waals surface area contributed by atoms with Crippen LogP contribution >= 0.6 is 0 Å². The van der Waals surface area contributed by atoms with Crippen molar-refractivity contribution in [2.45, 2.75) is 25.8 Å². The molecule has 0 spiro atoms. The van der Waals surface area contributed by atoms with Gasteiger partial charge in [0.05, 0.1) is 5.69 Å². The molecule has 3 heteroatoms. The summed E-state index contributed by atoms with van der Waals surface area (Å²) in [5, 5.41) is 7.97. The van der Waals surface area contributed by atoms with E-state index in [1.54, 1.807) is 0 Å². The highest BCUT2D eigenvalue weighted by Gasteiger charge is 2.21. The lowest BCUT2D eigenvalue weighted by molar-refractivity contribution is 0.653. The molecule has 1 unspecified atom stereocenters. The number of benzene rings is 1. The van der Waals surface area contributed by atoms with Gasteiger partial charge in [-0.1, -0.05) is 18.2 Å². The van der Waals surface area contributed by atoms with Crippen molar-refractivity contribution >= 4 is 5.69 Å². The molecule has 0 radical (unpaired) electrons. The highest BCUT2D eigenvalue weighted by atomic mass is 15.3. The lowest BCUT2D eigenvalue weighted by Gasteiger charge is -2.10. The zero-order chi connectivity index (χ0) is 11.8. The van der Waals surface area contributed by atoms with Crippen LogP contribution in [-0.4, -0.2) is 15.8 Å². The number of nitrogens with one attached hydrogen (secondary N) is 1. The fourth-order valence-corrected chi connectivity index (χ4v) is 2.61. The summed E-state index contributed by atoms with van der Waals surface area (Å²) >= 11 is 0. The summed E-state index contributed by atoms with van der Waals surface area (Å²) in [6.45, 7) is 2.04. The van der Waals surface area contributed by atoms with E-state index < -0.39 is 0 Å². The highest BCUT2D eigenvalue weighted by Crippen LogP contribution is 2.26. The van der Waals surface area contributed by atoms with Gasteiger partial charge in [0.25, 0.3) is 0 Å². The standard InChI is InChI=1S/C14H17N3/c1-10-7-13(17(2)16-10)9-12-8-11-5-3-4-6-14(11)15-12/h3-7,12,15H,8-9H2,1-2H3. The summed E-state index contributed by atoms with van der Waals surface area (Å²) in [6.07, 6.45) is 2.15. The van der Waals surface area contributed by atoms with Crippen LogP contribution in [0.2, 0.25) is 0 Å². The molecule has 1 aromatic carbocycles. The molecule has 0 amide bonds. The topological polar surface area (TPSA) is 29.9 Å². The van der Waals surface area contributed by atoms with Gasteiger partial charge >= 0.3 is 0 Å². The molecule has 0 saturated carbocycles. The van der Waals surface area contributed by atoms with Crippen molar-refractivity contribution in [1.29, 1.82) is 0 Å². The molecular weight excluding hydrogens is 210 g/mol. The summed E-state index contributed by atoms with van der Waals surface area (Å²) in [5.74, 6) is 0. The highest BCUT2D eigenvalue weighted by molar-refractivity contribution is 5.56. The Morgan fingerprint density at radius 1 is 1.41 bits per heavy atom. The molecule has 1 atom stereocenters. The Hall–Kier alpha value is -1.77. The van der Waals surface area contributed by atoms with Gasteiger partial charge in [0.15, 0.2) is 0 Å². The average molecular weight is 227 g/mol. The van der Waals surface area contributed by atoms with Gasteiger partial charge in [-0.05, 0) is 31.0 Å². The van der Waals surface area contributed by atoms with Gasteiger partial charge in [-0.3, -0.25) is 4.68 Å². The van der Waals surface area contributed by atoms with E-state index in [9.17, 15) is 0 Å². The van der Waals surface area contributed by atoms with E-state index in [4.69, 9.17) is 0 Å². The number of rotatable bonds is 2. The first-order valence-electron chi connectivity index (χ1n) is 6.06. The van der Waals surface area contributed by atoms with E-state index in [1.165, 1.54) is 16.9 Å². The van der Waals surface area contributed by atoms with E-state index in [2.05, 4.69) is 40.7 Å². The molecule has 0 bridgehead atoms. The number of para-hydroxylation sites is 1. The van der Waals surface area contributed by atoms with Crippen LogP contribution in [-0.2, 0) is 19.9 Å². The van der Waals surface area contributed by atoms with Crippen LogP contribution in [0.4, 0.5) is 5.69 Å². The van der Waals surface area contributed by atoms with E-state index >= 15 is 0 Å². The molecule has 1 aromatic heterocycles. The van der Waals surface area contributed by atoms with Crippen LogP contribution in [0.15, 0.2) is 30.3 Å². The largest absolute Gasteiger partial charge is 0.381 e. The minimum Gasteiger partial charge on any atom is -0.381 e. The third-order valence-electron chi connectivity index (χ3n) is 3.40. The van der Waals surface area contributed by atoms with Crippen LogP contribution in [0, 0.1) is 6.92 Å². The Morgan fingerprint density at radius 2 is 2.24 bits per heavy atom. The van der Waals surface area contributed by atoms with Gasteiger partial charge in [0.2, 0.25) is 0 Å². The molecule has 3 nitrogen and oxygen atoms in total. The maximum absolute atomic E-state index is 4.39. The first-order valence-corrected chi connectivity index (χ1v) is 6.06. The van der Waals surface area contributed by atoms with Crippen molar-refractivity contribution < 1.29 is 0 Å². The second-order valence-corrected chi connectivity index (χ2v) is 4.81. The summed E-state index contributed by atoms with van der Waals surface area (Å²) in [7, 11) is 2.02. The number of hydrogen-bond acceptors (Lipinski definition) is 2. The fourth-order valence-electron chi connectivity index (χ4n) is 2.61. The molecule has 0 aliphatic carbocycles. The monoisotopic (exact) mass is 227 g/mol. The maximum Gasteiger partial charge on any atom is 0.0596 e. The van der Waals surface area contributed by atoms with Gasteiger partial charge in [-0.25, -0.2) is 0 Å². The predicted octanol–water partition coefficient (Wildman–Crippen LogP) is 2.31. The SMILES string of the molecule is Cc1cc(CC2Cc3ccccc3N2)n(C)n1. The van der Waals surface area contributed by atoms with Crippen LogP contribution in [0.1, 0.15) is 17.0 Å². The third kappa shape index (κ3) is 1.93. The molecule has 0 fully saturated rings. The Labute approximate surface area is 101 Å². The first kappa shape index (κ1) is 10.4. The molecule has 1 aliphatic heterocycles. The number of hydrogen-bond donors (Lipinski definition) is 1. The van der Waals surface area contributed by atoms with E-state index in [1.807, 2.05) is 18.7 Å². The Bertz CT molecular complexity index is 517. The molecule has 1 aliphatic rings. The second kappa shape index (κ2) is 3.91. The molecule has 2 heterocycles. The predicted molar refractivity (Wildman–Crippen MR) is 69.2 cm³/mol. The molecule has 1 N–H and O–H groups in total. The molecule has 17 heavy (non-hydrogen) atoms. The van der Waals surface area contributed by atoms with Crippen LogP contribution in [0.3, 0.4) is 0 Å². The Balaban J connectivity index is 1.76. The van der Waals surface area contributed by atoms with Gasteiger partial charge in [-0.2, -0.15) is 5.10 Å². The first-order chi connectivity index (χ1) is 8.22. The van der Waals surface area contributed by atoms with E-state index in [0.717, 1.165) is 18.5 Å². The number of aryl methyl sites for hydroxylation is 2. The zero-order valence-corrected chi connectivity index (χ0v) is 10.3. The third-order valence-corrected chi connectivity index (χ3v) is 3.40. The number of nitrogens with zero attached hydrogens (tertiary/aromatic N) is 2. The molecule has 2 aromatic rings. The van der Waals surface area contributed by atoms with Gasteiger partial charge in [0, 0.05) is 30.9 Å². The number of aromatic nitrogens is 2. The average Bonchev–Trinajstić information content (AvgIpc) is 2.82. The van der Waals surface area contributed by atoms with Crippen molar-refractivity contribution in [3.63, 3.8) is 0 Å². The lowest BCUT2D eigenvalue weighted by Crippen LogP contribution is -2.20. The van der Waals surface area contributed by atoms with E-state index in [0.29, 0.717) is 6.04 Å².